The Labute approximate surface area is 88.3 Å². The van der Waals surface area contributed by atoms with E-state index in [0.29, 0.717) is 5.56 Å². The number of anilines is 1. The van der Waals surface area contributed by atoms with Crippen LogP contribution in [0.15, 0.2) is 53.8 Å². The van der Waals surface area contributed by atoms with Crippen molar-refractivity contribution in [1.29, 1.82) is 5.26 Å². The molecular formula is C12H9N3. The minimum absolute atomic E-state index is 0.612. The molecule has 2 rings (SSSR count). The lowest BCUT2D eigenvalue weighted by molar-refractivity contribution is 1.08. The Balaban J connectivity index is 2.42. The standard InChI is InChI=1S/C12H9N3/c13-10-11-6-2-3-7-12(11)15-9-5-1-4-8-14-15/h1-9H. The van der Waals surface area contributed by atoms with Gasteiger partial charge in [-0.15, -0.1) is 0 Å². The van der Waals surface area contributed by atoms with Crippen LogP contribution < -0.4 is 5.01 Å². The molecule has 3 nitrogen and oxygen atoms in total. The zero-order valence-corrected chi connectivity index (χ0v) is 8.04. The van der Waals surface area contributed by atoms with Gasteiger partial charge in [-0.25, -0.2) is 5.01 Å². The van der Waals surface area contributed by atoms with E-state index in [-0.39, 0.29) is 0 Å². The van der Waals surface area contributed by atoms with Crippen molar-refractivity contribution in [3.05, 3.63) is 54.3 Å². The number of hydrazone groups is 1. The molecule has 0 N–H and O–H groups in total. The van der Waals surface area contributed by atoms with Crippen LogP contribution in [0.1, 0.15) is 5.56 Å². The van der Waals surface area contributed by atoms with Crippen molar-refractivity contribution in [3.63, 3.8) is 0 Å². The summed E-state index contributed by atoms with van der Waals surface area (Å²) < 4.78 is 0. The second kappa shape index (κ2) is 4.25. The molecule has 15 heavy (non-hydrogen) atoms. The van der Waals surface area contributed by atoms with Gasteiger partial charge in [-0.05, 0) is 24.3 Å². The number of nitrogens with zero attached hydrogens (tertiary/aromatic N) is 3. The fraction of sp³-hybridized carbons (Fsp3) is 0. The van der Waals surface area contributed by atoms with Crippen LogP contribution in [0.25, 0.3) is 0 Å². The summed E-state index contributed by atoms with van der Waals surface area (Å²) in [5, 5.41) is 14.8. The molecule has 0 radical (unpaired) electrons. The largest absolute Gasteiger partial charge is 0.240 e. The van der Waals surface area contributed by atoms with Crippen LogP contribution in [0.2, 0.25) is 0 Å². The Morgan fingerprint density at radius 1 is 1.13 bits per heavy atom. The molecule has 3 heteroatoms. The molecule has 0 bridgehead atoms. The molecule has 0 atom stereocenters. The van der Waals surface area contributed by atoms with Crippen molar-refractivity contribution < 1.29 is 0 Å². The first kappa shape index (κ1) is 9.22. The first-order valence-electron chi connectivity index (χ1n) is 4.57. The van der Waals surface area contributed by atoms with Gasteiger partial charge in [-0.1, -0.05) is 18.2 Å². The Kier molecular flexibility index (Phi) is 2.61. The number of hydrogen-bond donors (Lipinski definition) is 0. The highest BCUT2D eigenvalue weighted by molar-refractivity contribution is 5.75. The predicted molar refractivity (Wildman–Crippen MR) is 60.4 cm³/mol. The number of benzene rings is 1. The quantitative estimate of drug-likeness (QED) is 0.690. The Bertz CT molecular complexity index is 462. The van der Waals surface area contributed by atoms with E-state index in [2.05, 4.69) is 11.2 Å². The lowest BCUT2D eigenvalue weighted by Gasteiger charge is -2.14. The molecule has 1 heterocycles. The summed E-state index contributed by atoms with van der Waals surface area (Å²) in [7, 11) is 0. The molecule has 1 aromatic carbocycles. The summed E-state index contributed by atoms with van der Waals surface area (Å²) in [6.07, 6.45) is 9.11. The van der Waals surface area contributed by atoms with Gasteiger partial charge in [-0.2, -0.15) is 10.4 Å². The first-order chi connectivity index (χ1) is 7.42. The van der Waals surface area contributed by atoms with Gasteiger partial charge < -0.3 is 0 Å². The van der Waals surface area contributed by atoms with E-state index in [1.165, 1.54) is 0 Å². The van der Waals surface area contributed by atoms with Gasteiger partial charge in [0.05, 0.1) is 11.3 Å². The molecule has 1 aliphatic rings. The average Bonchev–Trinajstić information content (AvgIpc) is 2.57. The maximum Gasteiger partial charge on any atom is 0.101 e. The summed E-state index contributed by atoms with van der Waals surface area (Å²) in [4.78, 5) is 0. The number of para-hydroxylation sites is 1. The fourth-order valence-electron chi connectivity index (χ4n) is 1.30. The summed E-state index contributed by atoms with van der Waals surface area (Å²) >= 11 is 0. The maximum atomic E-state index is 8.95. The van der Waals surface area contributed by atoms with E-state index in [1.54, 1.807) is 17.3 Å². The normalized spacial score (nSPS) is 13.7. The van der Waals surface area contributed by atoms with Crippen LogP contribution >= 0.6 is 0 Å². The summed E-state index contributed by atoms with van der Waals surface area (Å²) in [6, 6.07) is 9.51. The van der Waals surface area contributed by atoms with E-state index in [0.717, 1.165) is 5.69 Å². The summed E-state index contributed by atoms with van der Waals surface area (Å²) in [5.41, 5.74) is 1.40. The van der Waals surface area contributed by atoms with Crippen LogP contribution in [0, 0.1) is 11.3 Å². The molecule has 0 unspecified atom stereocenters. The third-order valence-corrected chi connectivity index (χ3v) is 2.00. The SMILES string of the molecule is N#Cc1ccccc1N1C=CC=CC=N1. The molecule has 0 amide bonds. The Morgan fingerprint density at radius 2 is 2.00 bits per heavy atom. The number of allylic oxidation sites excluding steroid dienone is 3. The van der Waals surface area contributed by atoms with Gasteiger partial charge in [0.2, 0.25) is 0 Å². The third-order valence-electron chi connectivity index (χ3n) is 2.00. The van der Waals surface area contributed by atoms with Gasteiger partial charge in [0.1, 0.15) is 6.07 Å². The number of hydrogen-bond acceptors (Lipinski definition) is 3. The molecule has 0 saturated carbocycles. The van der Waals surface area contributed by atoms with Crippen LogP contribution in [0.4, 0.5) is 5.69 Å². The number of nitriles is 1. The number of rotatable bonds is 1. The van der Waals surface area contributed by atoms with Crippen molar-refractivity contribution in [2.24, 2.45) is 5.10 Å². The summed E-state index contributed by atoms with van der Waals surface area (Å²) in [6.45, 7) is 0. The molecule has 0 saturated heterocycles. The van der Waals surface area contributed by atoms with E-state index >= 15 is 0 Å². The minimum atomic E-state index is 0.612. The highest BCUT2D eigenvalue weighted by Gasteiger charge is 2.06. The molecule has 0 aliphatic carbocycles. The first-order valence-corrected chi connectivity index (χ1v) is 4.57. The van der Waals surface area contributed by atoms with Crippen LogP contribution in [-0.2, 0) is 0 Å². The van der Waals surface area contributed by atoms with E-state index in [9.17, 15) is 0 Å². The van der Waals surface area contributed by atoms with E-state index < -0.39 is 0 Å². The minimum Gasteiger partial charge on any atom is -0.240 e. The van der Waals surface area contributed by atoms with Crippen molar-refractivity contribution in [3.8, 4) is 6.07 Å². The molecule has 1 aliphatic heterocycles. The van der Waals surface area contributed by atoms with Crippen molar-refractivity contribution in [2.75, 3.05) is 5.01 Å². The second-order valence-corrected chi connectivity index (χ2v) is 2.96. The van der Waals surface area contributed by atoms with E-state index in [4.69, 9.17) is 5.26 Å². The van der Waals surface area contributed by atoms with Crippen LogP contribution in [0.3, 0.4) is 0 Å². The zero-order valence-electron chi connectivity index (χ0n) is 8.04. The van der Waals surface area contributed by atoms with Crippen molar-refractivity contribution in [1.82, 2.24) is 0 Å². The van der Waals surface area contributed by atoms with Gasteiger partial charge in [0, 0.05) is 12.4 Å². The molecular weight excluding hydrogens is 186 g/mol. The monoisotopic (exact) mass is 195 g/mol. The Morgan fingerprint density at radius 3 is 2.87 bits per heavy atom. The zero-order chi connectivity index (χ0) is 10.5. The van der Waals surface area contributed by atoms with Crippen LogP contribution in [0.5, 0.6) is 0 Å². The lowest BCUT2D eigenvalue weighted by atomic mass is 10.2. The highest BCUT2D eigenvalue weighted by atomic mass is 15.4. The van der Waals surface area contributed by atoms with Crippen molar-refractivity contribution in [2.45, 2.75) is 0 Å². The average molecular weight is 195 g/mol. The molecule has 0 fully saturated rings. The van der Waals surface area contributed by atoms with E-state index in [1.807, 2.05) is 42.6 Å². The smallest absolute Gasteiger partial charge is 0.101 e. The molecule has 0 spiro atoms. The molecule has 0 aromatic heterocycles. The fourth-order valence-corrected chi connectivity index (χ4v) is 1.30. The lowest BCUT2D eigenvalue weighted by Crippen LogP contribution is -2.08. The van der Waals surface area contributed by atoms with Gasteiger partial charge in [-0.3, -0.25) is 0 Å². The predicted octanol–water partition coefficient (Wildman–Crippen LogP) is 2.43. The molecule has 1 aromatic rings. The second-order valence-electron chi connectivity index (χ2n) is 2.96. The van der Waals surface area contributed by atoms with Crippen molar-refractivity contribution >= 4 is 11.9 Å². The van der Waals surface area contributed by atoms with Gasteiger partial charge in [0.25, 0.3) is 0 Å². The molecule has 72 valence electrons. The summed E-state index contributed by atoms with van der Waals surface area (Å²) in [5.74, 6) is 0. The third kappa shape index (κ3) is 1.94. The topological polar surface area (TPSA) is 39.4 Å². The van der Waals surface area contributed by atoms with Gasteiger partial charge in [0.15, 0.2) is 0 Å². The van der Waals surface area contributed by atoms with Crippen LogP contribution in [-0.4, -0.2) is 6.21 Å². The van der Waals surface area contributed by atoms with Gasteiger partial charge >= 0.3 is 0 Å². The maximum absolute atomic E-state index is 8.95. The Hall–Kier alpha value is -2.34. The highest BCUT2D eigenvalue weighted by Crippen LogP contribution is 2.20.